The molecule has 3 aromatic rings. The van der Waals surface area contributed by atoms with Gasteiger partial charge in [-0.2, -0.15) is 0 Å². The average molecular weight is 388 g/mol. The Balaban J connectivity index is 1.46. The van der Waals surface area contributed by atoms with Crippen LogP contribution in [0.4, 0.5) is 5.13 Å². The second-order valence-electron chi connectivity index (χ2n) is 5.40. The van der Waals surface area contributed by atoms with Crippen molar-refractivity contribution in [3.63, 3.8) is 0 Å². The molecule has 134 valence electrons. The fraction of sp³-hybridized carbons (Fsp3) is 0.176. The molecule has 3 aromatic heterocycles. The number of nitrogens with zero attached hydrogens (tertiary/aromatic N) is 1. The zero-order chi connectivity index (χ0) is 18.4. The van der Waals surface area contributed by atoms with Gasteiger partial charge >= 0.3 is 0 Å². The number of pyridine rings is 1. The Morgan fingerprint density at radius 2 is 2.08 bits per heavy atom. The van der Waals surface area contributed by atoms with Crippen molar-refractivity contribution in [1.82, 2.24) is 15.3 Å². The van der Waals surface area contributed by atoms with Crippen LogP contribution in [0.5, 0.6) is 0 Å². The van der Waals surface area contributed by atoms with E-state index >= 15 is 0 Å². The number of aryl methyl sites for hydroxylation is 1. The number of thiophene rings is 1. The van der Waals surface area contributed by atoms with Gasteiger partial charge in [-0.05, 0) is 23.9 Å². The molecule has 2 amide bonds. The number of amides is 2. The molecule has 0 fully saturated rings. The standard InChI is InChI=1S/C17H16N4O3S2/c22-14-5-3-11(8-18-14)16(24)21-17-20-12(10-26-17)4-6-15(23)19-9-13-2-1-7-25-13/h1-3,5,7-8,10H,4,6,9H2,(H,18,22)(H,19,23)(H,20,21,24). The molecular formula is C17H16N4O3S2. The fourth-order valence-electron chi connectivity index (χ4n) is 2.13. The van der Waals surface area contributed by atoms with Gasteiger partial charge in [-0.15, -0.1) is 22.7 Å². The normalized spacial score (nSPS) is 10.5. The highest BCUT2D eigenvalue weighted by atomic mass is 32.1. The van der Waals surface area contributed by atoms with Crippen molar-refractivity contribution in [3.8, 4) is 0 Å². The number of nitrogens with one attached hydrogen (secondary N) is 3. The molecule has 7 nitrogen and oxygen atoms in total. The molecule has 3 heterocycles. The van der Waals surface area contributed by atoms with E-state index in [9.17, 15) is 14.4 Å². The Morgan fingerprint density at radius 3 is 2.81 bits per heavy atom. The Kier molecular flexibility index (Phi) is 5.92. The van der Waals surface area contributed by atoms with E-state index in [0.717, 1.165) is 10.6 Å². The van der Waals surface area contributed by atoms with Crippen molar-refractivity contribution in [3.05, 3.63) is 67.7 Å². The number of carbonyl (C=O) groups is 2. The zero-order valence-electron chi connectivity index (χ0n) is 13.7. The number of carbonyl (C=O) groups excluding carboxylic acids is 2. The highest BCUT2D eigenvalue weighted by Crippen LogP contribution is 2.17. The molecule has 0 atom stereocenters. The number of hydrogen-bond donors (Lipinski definition) is 3. The lowest BCUT2D eigenvalue weighted by Gasteiger charge is -2.02. The van der Waals surface area contributed by atoms with Crippen molar-refractivity contribution in [1.29, 1.82) is 0 Å². The molecule has 0 aliphatic rings. The Bertz CT molecular complexity index is 927. The fourth-order valence-corrected chi connectivity index (χ4v) is 3.51. The van der Waals surface area contributed by atoms with Gasteiger partial charge in [0.2, 0.25) is 11.5 Å². The van der Waals surface area contributed by atoms with E-state index in [0.29, 0.717) is 30.1 Å². The summed E-state index contributed by atoms with van der Waals surface area (Å²) in [6, 6.07) is 6.66. The number of H-pyrrole nitrogens is 1. The first-order chi connectivity index (χ1) is 12.6. The number of hydrogen-bond acceptors (Lipinski definition) is 6. The highest BCUT2D eigenvalue weighted by Gasteiger charge is 2.10. The molecule has 26 heavy (non-hydrogen) atoms. The van der Waals surface area contributed by atoms with Gasteiger partial charge in [0.15, 0.2) is 5.13 Å². The minimum Gasteiger partial charge on any atom is -0.351 e. The van der Waals surface area contributed by atoms with E-state index in [4.69, 9.17) is 0 Å². The van der Waals surface area contributed by atoms with Crippen LogP contribution in [0.15, 0.2) is 46.0 Å². The average Bonchev–Trinajstić information content (AvgIpc) is 3.30. The van der Waals surface area contributed by atoms with Gasteiger partial charge in [-0.1, -0.05) is 6.07 Å². The first-order valence-corrected chi connectivity index (χ1v) is 9.59. The second-order valence-corrected chi connectivity index (χ2v) is 7.29. The molecule has 0 aliphatic heterocycles. The molecule has 3 N–H and O–H groups in total. The van der Waals surface area contributed by atoms with Crippen LogP contribution in [0.3, 0.4) is 0 Å². The summed E-state index contributed by atoms with van der Waals surface area (Å²) in [4.78, 5) is 42.8. The molecule has 0 radical (unpaired) electrons. The summed E-state index contributed by atoms with van der Waals surface area (Å²) in [7, 11) is 0. The molecule has 0 saturated heterocycles. The van der Waals surface area contributed by atoms with Crippen molar-refractivity contribution < 1.29 is 9.59 Å². The summed E-state index contributed by atoms with van der Waals surface area (Å²) in [5.41, 5.74) is 0.822. The molecule has 0 unspecified atom stereocenters. The summed E-state index contributed by atoms with van der Waals surface area (Å²) in [5, 5.41) is 9.79. The predicted octanol–water partition coefficient (Wildman–Crippen LogP) is 2.39. The smallest absolute Gasteiger partial charge is 0.258 e. The SMILES string of the molecule is O=C(CCc1csc(NC(=O)c2ccc(=O)[nH]c2)n1)NCc1cccs1. The van der Waals surface area contributed by atoms with Gasteiger partial charge in [0, 0.05) is 28.9 Å². The van der Waals surface area contributed by atoms with Crippen molar-refractivity contribution in [2.24, 2.45) is 0 Å². The van der Waals surface area contributed by atoms with Gasteiger partial charge in [0.25, 0.3) is 5.91 Å². The number of anilines is 1. The van der Waals surface area contributed by atoms with Crippen molar-refractivity contribution in [2.75, 3.05) is 5.32 Å². The Morgan fingerprint density at radius 1 is 1.19 bits per heavy atom. The Labute approximate surface area is 157 Å². The summed E-state index contributed by atoms with van der Waals surface area (Å²) in [6.07, 6.45) is 2.19. The maximum atomic E-state index is 12.1. The summed E-state index contributed by atoms with van der Waals surface area (Å²) < 4.78 is 0. The van der Waals surface area contributed by atoms with Crippen molar-refractivity contribution in [2.45, 2.75) is 19.4 Å². The summed E-state index contributed by atoms with van der Waals surface area (Å²) >= 11 is 2.90. The third-order valence-corrected chi connectivity index (χ3v) is 5.15. The van der Waals surface area contributed by atoms with E-state index in [2.05, 4.69) is 20.6 Å². The molecule has 3 rings (SSSR count). The maximum Gasteiger partial charge on any atom is 0.258 e. The highest BCUT2D eigenvalue weighted by molar-refractivity contribution is 7.14. The number of thiazole rings is 1. The van der Waals surface area contributed by atoms with Crippen LogP contribution in [0.1, 0.15) is 27.3 Å². The quantitative estimate of drug-likeness (QED) is 0.578. The lowest BCUT2D eigenvalue weighted by Crippen LogP contribution is -2.22. The number of aromatic amines is 1. The number of rotatable bonds is 7. The van der Waals surface area contributed by atoms with Crippen LogP contribution in [0.25, 0.3) is 0 Å². The largest absolute Gasteiger partial charge is 0.351 e. The summed E-state index contributed by atoms with van der Waals surface area (Å²) in [5.74, 6) is -0.388. The van der Waals surface area contributed by atoms with Crippen LogP contribution in [0, 0.1) is 0 Å². The first-order valence-electron chi connectivity index (χ1n) is 7.84. The molecule has 0 spiro atoms. The molecule has 9 heteroatoms. The van der Waals surface area contributed by atoms with Crippen LogP contribution < -0.4 is 16.2 Å². The molecular weight excluding hydrogens is 372 g/mol. The van der Waals surface area contributed by atoms with Crippen molar-refractivity contribution >= 4 is 39.6 Å². The van der Waals surface area contributed by atoms with E-state index < -0.39 is 0 Å². The minimum absolute atomic E-state index is 0.0368. The van der Waals surface area contributed by atoms with Gasteiger partial charge in [0.05, 0.1) is 17.8 Å². The maximum absolute atomic E-state index is 12.1. The zero-order valence-corrected chi connectivity index (χ0v) is 15.3. The molecule has 0 aliphatic carbocycles. The van der Waals surface area contributed by atoms with E-state index in [1.54, 1.807) is 11.3 Å². The number of aromatic nitrogens is 2. The van der Waals surface area contributed by atoms with Gasteiger partial charge < -0.3 is 10.3 Å². The second kappa shape index (κ2) is 8.54. The first kappa shape index (κ1) is 18.0. The van der Waals surface area contributed by atoms with Gasteiger partial charge in [-0.3, -0.25) is 19.7 Å². The van der Waals surface area contributed by atoms with Crippen LogP contribution in [-0.4, -0.2) is 21.8 Å². The molecule has 0 aromatic carbocycles. The van der Waals surface area contributed by atoms with E-state index in [-0.39, 0.29) is 17.4 Å². The van der Waals surface area contributed by atoms with Crippen LogP contribution >= 0.6 is 22.7 Å². The summed E-state index contributed by atoms with van der Waals surface area (Å²) in [6.45, 7) is 0.536. The monoisotopic (exact) mass is 388 g/mol. The van der Waals surface area contributed by atoms with Crippen LogP contribution in [0.2, 0.25) is 0 Å². The Hall–Kier alpha value is -2.78. The minimum atomic E-state index is -0.351. The third-order valence-electron chi connectivity index (χ3n) is 3.47. The lowest BCUT2D eigenvalue weighted by atomic mass is 10.2. The van der Waals surface area contributed by atoms with Gasteiger partial charge in [0.1, 0.15) is 0 Å². The topological polar surface area (TPSA) is 104 Å². The lowest BCUT2D eigenvalue weighted by molar-refractivity contribution is -0.121. The predicted molar refractivity (Wildman–Crippen MR) is 102 cm³/mol. The van der Waals surface area contributed by atoms with Gasteiger partial charge in [-0.25, -0.2) is 4.98 Å². The molecule has 0 saturated carbocycles. The van der Waals surface area contributed by atoms with E-state index in [1.807, 2.05) is 22.9 Å². The third kappa shape index (κ3) is 5.11. The molecule has 0 bridgehead atoms. The van der Waals surface area contributed by atoms with Crippen LogP contribution in [-0.2, 0) is 17.8 Å². The van der Waals surface area contributed by atoms with E-state index in [1.165, 1.54) is 29.7 Å².